The van der Waals surface area contributed by atoms with Crippen molar-refractivity contribution < 1.29 is 13.5 Å². The van der Waals surface area contributed by atoms with Crippen molar-refractivity contribution in [2.24, 2.45) is 7.05 Å². The van der Waals surface area contributed by atoms with Crippen LogP contribution >= 0.6 is 0 Å². The van der Waals surface area contributed by atoms with Crippen LogP contribution in [0, 0.1) is 11.6 Å². The van der Waals surface area contributed by atoms with Crippen LogP contribution in [0.25, 0.3) is 11.2 Å². The van der Waals surface area contributed by atoms with Gasteiger partial charge in [-0.1, -0.05) is 11.2 Å². The van der Waals surface area contributed by atoms with Crippen molar-refractivity contribution in [1.82, 2.24) is 29.6 Å². The Balaban J connectivity index is 2.03. The standard InChI is InChI=1S/C17H18F2N6O3/c1-20-6-3-7-28-16-21-13-14(22-23-16)25(17(27)24(2)15(13)26)9-10-4-5-11(18)12(19)8-10/h4-5,8,20H,3,6-7,9H2,1-2H3. The monoisotopic (exact) mass is 392 g/mol. The molecule has 3 aromatic rings. The van der Waals surface area contributed by atoms with Crippen molar-refractivity contribution in [1.29, 1.82) is 0 Å². The highest BCUT2D eigenvalue weighted by molar-refractivity contribution is 5.68. The molecule has 2 heterocycles. The van der Waals surface area contributed by atoms with E-state index in [0.717, 1.165) is 27.8 Å². The van der Waals surface area contributed by atoms with Gasteiger partial charge in [0.15, 0.2) is 22.8 Å². The van der Waals surface area contributed by atoms with Crippen molar-refractivity contribution in [2.45, 2.75) is 13.0 Å². The maximum absolute atomic E-state index is 13.5. The normalized spacial score (nSPS) is 11.1. The summed E-state index contributed by atoms with van der Waals surface area (Å²) in [5, 5.41) is 10.7. The second-order valence-corrected chi connectivity index (χ2v) is 6.05. The van der Waals surface area contributed by atoms with Crippen molar-refractivity contribution in [3.8, 4) is 6.01 Å². The summed E-state index contributed by atoms with van der Waals surface area (Å²) in [6, 6.07) is 3.18. The van der Waals surface area contributed by atoms with Gasteiger partial charge >= 0.3 is 11.7 Å². The molecule has 0 spiro atoms. The number of hydrogen-bond acceptors (Lipinski definition) is 7. The van der Waals surface area contributed by atoms with E-state index in [-0.39, 0.29) is 23.7 Å². The van der Waals surface area contributed by atoms with Gasteiger partial charge in [-0.15, -0.1) is 5.10 Å². The number of nitrogens with one attached hydrogen (secondary N) is 1. The van der Waals surface area contributed by atoms with E-state index in [1.807, 2.05) is 7.05 Å². The predicted octanol–water partition coefficient (Wildman–Crippen LogP) is 0.200. The maximum atomic E-state index is 13.5. The number of ether oxygens (including phenoxy) is 1. The number of halogens is 2. The van der Waals surface area contributed by atoms with Crippen LogP contribution < -0.4 is 21.3 Å². The first-order valence-electron chi connectivity index (χ1n) is 8.48. The summed E-state index contributed by atoms with van der Waals surface area (Å²) in [5.41, 5.74) is -1.20. The van der Waals surface area contributed by atoms with Gasteiger partial charge in [-0.25, -0.2) is 13.6 Å². The number of aromatic nitrogens is 5. The van der Waals surface area contributed by atoms with E-state index in [0.29, 0.717) is 18.6 Å². The van der Waals surface area contributed by atoms with Gasteiger partial charge < -0.3 is 10.1 Å². The number of nitrogens with zero attached hydrogens (tertiary/aromatic N) is 5. The molecular weight excluding hydrogens is 374 g/mol. The third-order valence-electron chi connectivity index (χ3n) is 4.06. The minimum atomic E-state index is -1.04. The lowest BCUT2D eigenvalue weighted by atomic mass is 10.2. The Kier molecular flexibility index (Phi) is 5.73. The Morgan fingerprint density at radius 3 is 2.68 bits per heavy atom. The first-order chi connectivity index (χ1) is 13.4. The molecule has 3 rings (SSSR count). The zero-order chi connectivity index (χ0) is 20.3. The van der Waals surface area contributed by atoms with Crippen LogP contribution in [0.1, 0.15) is 12.0 Å². The molecule has 0 aliphatic rings. The summed E-state index contributed by atoms with van der Waals surface area (Å²) in [4.78, 5) is 29.0. The highest BCUT2D eigenvalue weighted by atomic mass is 19.2. The zero-order valence-electron chi connectivity index (χ0n) is 15.3. The molecule has 1 aromatic carbocycles. The summed E-state index contributed by atoms with van der Waals surface area (Å²) in [6.07, 6.45) is 0.700. The molecule has 0 aliphatic heterocycles. The van der Waals surface area contributed by atoms with Gasteiger partial charge in [0.1, 0.15) is 0 Å². The Morgan fingerprint density at radius 1 is 1.18 bits per heavy atom. The molecule has 0 bridgehead atoms. The van der Waals surface area contributed by atoms with Gasteiger partial charge in [0.2, 0.25) is 0 Å². The molecule has 0 saturated heterocycles. The third kappa shape index (κ3) is 3.88. The molecule has 0 atom stereocenters. The lowest BCUT2D eigenvalue weighted by molar-refractivity contribution is 0.283. The van der Waals surface area contributed by atoms with Gasteiger partial charge in [0, 0.05) is 7.05 Å². The van der Waals surface area contributed by atoms with Gasteiger partial charge in [-0.3, -0.25) is 13.9 Å². The van der Waals surface area contributed by atoms with Crippen LogP contribution in [-0.2, 0) is 13.6 Å². The van der Waals surface area contributed by atoms with Crippen molar-refractivity contribution in [3.63, 3.8) is 0 Å². The van der Waals surface area contributed by atoms with Crippen LogP contribution in [-0.4, -0.2) is 44.5 Å². The second kappa shape index (κ2) is 8.21. The van der Waals surface area contributed by atoms with Crippen molar-refractivity contribution in [3.05, 3.63) is 56.2 Å². The van der Waals surface area contributed by atoms with Crippen LogP contribution in [0.5, 0.6) is 6.01 Å². The number of hydrogen-bond donors (Lipinski definition) is 1. The summed E-state index contributed by atoms with van der Waals surface area (Å²) in [5.74, 6) is -2.04. The van der Waals surface area contributed by atoms with Crippen LogP contribution in [0.4, 0.5) is 8.78 Å². The minimum absolute atomic E-state index is 0.0691. The SMILES string of the molecule is CNCCCOc1nnc2c(n1)c(=O)n(C)c(=O)n2Cc1ccc(F)c(F)c1. The maximum Gasteiger partial charge on any atom is 0.336 e. The van der Waals surface area contributed by atoms with Gasteiger partial charge in [0.05, 0.1) is 13.2 Å². The van der Waals surface area contributed by atoms with Crippen LogP contribution in [0.15, 0.2) is 27.8 Å². The van der Waals surface area contributed by atoms with Gasteiger partial charge in [-0.05, 0) is 37.7 Å². The van der Waals surface area contributed by atoms with E-state index in [1.165, 1.54) is 13.1 Å². The fourth-order valence-electron chi connectivity index (χ4n) is 2.58. The molecule has 0 radical (unpaired) electrons. The lowest BCUT2D eigenvalue weighted by Crippen LogP contribution is -2.39. The molecule has 11 heteroatoms. The van der Waals surface area contributed by atoms with E-state index in [4.69, 9.17) is 4.74 Å². The van der Waals surface area contributed by atoms with Crippen molar-refractivity contribution in [2.75, 3.05) is 20.2 Å². The fourth-order valence-corrected chi connectivity index (χ4v) is 2.58. The average Bonchev–Trinajstić information content (AvgIpc) is 2.69. The van der Waals surface area contributed by atoms with E-state index >= 15 is 0 Å². The average molecular weight is 392 g/mol. The number of fused-ring (bicyclic) bond motifs is 1. The number of rotatable bonds is 7. The first-order valence-corrected chi connectivity index (χ1v) is 8.48. The van der Waals surface area contributed by atoms with Crippen LogP contribution in [0.2, 0.25) is 0 Å². The third-order valence-corrected chi connectivity index (χ3v) is 4.06. The molecule has 0 aliphatic carbocycles. The van der Waals surface area contributed by atoms with E-state index in [2.05, 4.69) is 20.5 Å². The highest BCUT2D eigenvalue weighted by Gasteiger charge is 2.16. The molecule has 0 amide bonds. The Morgan fingerprint density at radius 2 is 1.96 bits per heavy atom. The molecule has 0 saturated carbocycles. The molecular formula is C17H18F2N6O3. The van der Waals surface area contributed by atoms with Crippen molar-refractivity contribution >= 4 is 11.2 Å². The Labute approximate surface area is 157 Å². The molecule has 28 heavy (non-hydrogen) atoms. The Bertz CT molecular complexity index is 1130. The summed E-state index contributed by atoms with van der Waals surface area (Å²) in [6.45, 7) is 0.915. The second-order valence-electron chi connectivity index (χ2n) is 6.05. The Hall–Kier alpha value is -3.21. The van der Waals surface area contributed by atoms with E-state index in [1.54, 1.807) is 0 Å². The minimum Gasteiger partial charge on any atom is -0.462 e. The topological polar surface area (TPSA) is 104 Å². The fraction of sp³-hybridized carbons (Fsp3) is 0.353. The van der Waals surface area contributed by atoms with E-state index in [9.17, 15) is 18.4 Å². The predicted molar refractivity (Wildman–Crippen MR) is 96.3 cm³/mol. The summed E-state index contributed by atoms with van der Waals surface area (Å²) < 4.78 is 34.0. The summed E-state index contributed by atoms with van der Waals surface area (Å²) >= 11 is 0. The molecule has 148 valence electrons. The van der Waals surface area contributed by atoms with Crippen LogP contribution in [0.3, 0.4) is 0 Å². The lowest BCUT2D eigenvalue weighted by Gasteiger charge is -2.11. The zero-order valence-corrected chi connectivity index (χ0v) is 15.3. The summed E-state index contributed by atoms with van der Waals surface area (Å²) in [7, 11) is 3.10. The van der Waals surface area contributed by atoms with Gasteiger partial charge in [-0.2, -0.15) is 4.98 Å². The smallest absolute Gasteiger partial charge is 0.336 e. The van der Waals surface area contributed by atoms with Gasteiger partial charge in [0.25, 0.3) is 5.56 Å². The molecule has 2 aromatic heterocycles. The molecule has 1 N–H and O–H groups in total. The number of benzene rings is 1. The first kappa shape index (κ1) is 19.5. The molecule has 0 unspecified atom stereocenters. The van der Waals surface area contributed by atoms with E-state index < -0.39 is 22.9 Å². The molecule has 9 nitrogen and oxygen atoms in total. The largest absolute Gasteiger partial charge is 0.462 e. The quantitative estimate of drug-likeness (QED) is 0.573. The highest BCUT2D eigenvalue weighted by Crippen LogP contribution is 2.12. The molecule has 0 fully saturated rings.